The maximum atomic E-state index is 12.5. The minimum absolute atomic E-state index is 0.269. The van der Waals surface area contributed by atoms with Gasteiger partial charge in [0.2, 0.25) is 10.0 Å². The zero-order valence-electron chi connectivity index (χ0n) is 11.8. The molecule has 1 fully saturated rings. The molecule has 0 aromatic carbocycles. The largest absolute Gasteiger partial charge is 0.402 e. The summed E-state index contributed by atoms with van der Waals surface area (Å²) in [5, 5.41) is 3.13. The van der Waals surface area contributed by atoms with Gasteiger partial charge in [-0.3, -0.25) is 4.90 Å². The fourth-order valence-corrected chi connectivity index (χ4v) is 3.78. The average Bonchev–Trinajstić information content (AvgIpc) is 2.33. The summed E-state index contributed by atoms with van der Waals surface area (Å²) in [7, 11) is -3.90. The average molecular weight is 317 g/mol. The van der Waals surface area contributed by atoms with Gasteiger partial charge < -0.3 is 5.32 Å². The van der Waals surface area contributed by atoms with E-state index in [0.29, 0.717) is 4.31 Å². The van der Waals surface area contributed by atoms with E-state index in [1.165, 1.54) is 13.8 Å². The predicted octanol–water partition coefficient (Wildman–Crippen LogP) is 0.494. The molecule has 1 N–H and O–H groups in total. The summed E-state index contributed by atoms with van der Waals surface area (Å²) in [6.07, 6.45) is -4.52. The van der Waals surface area contributed by atoms with Crippen molar-refractivity contribution in [2.75, 3.05) is 45.0 Å². The first kappa shape index (κ1) is 17.7. The van der Waals surface area contributed by atoms with Crippen molar-refractivity contribution in [1.29, 1.82) is 0 Å². The van der Waals surface area contributed by atoms with Crippen LogP contribution in [0.2, 0.25) is 0 Å². The van der Waals surface area contributed by atoms with Crippen LogP contribution in [0, 0.1) is 0 Å². The van der Waals surface area contributed by atoms with Crippen molar-refractivity contribution >= 4 is 10.0 Å². The zero-order chi connectivity index (χ0) is 15.4. The molecule has 0 spiro atoms. The van der Waals surface area contributed by atoms with Crippen molar-refractivity contribution in [2.24, 2.45) is 0 Å². The number of rotatable bonds is 6. The van der Waals surface area contributed by atoms with Crippen molar-refractivity contribution in [1.82, 2.24) is 14.5 Å². The predicted molar refractivity (Wildman–Crippen MR) is 71.0 cm³/mol. The van der Waals surface area contributed by atoms with Gasteiger partial charge in [0.25, 0.3) is 0 Å². The molecule has 1 rings (SSSR count). The molecule has 0 saturated carbocycles. The molecule has 0 aromatic rings. The molecule has 9 heteroatoms. The molecule has 1 heterocycles. The summed E-state index contributed by atoms with van der Waals surface area (Å²) in [5.41, 5.74) is 0. The summed E-state index contributed by atoms with van der Waals surface area (Å²) >= 11 is 0. The fraction of sp³-hybridized carbons (Fsp3) is 1.00. The number of sulfonamides is 1. The number of nitrogens with one attached hydrogen (secondary N) is 1. The molecule has 0 unspecified atom stereocenters. The van der Waals surface area contributed by atoms with Crippen molar-refractivity contribution < 1.29 is 21.6 Å². The Bertz CT molecular complexity index is 392. The van der Waals surface area contributed by atoms with Gasteiger partial charge in [0.15, 0.2) is 0 Å². The first-order valence-electron chi connectivity index (χ1n) is 6.61. The SMILES string of the molecule is CC(C)N(CC(F)(F)F)S(=O)(=O)CCN1CCNCC1. The Morgan fingerprint density at radius 2 is 1.80 bits per heavy atom. The van der Waals surface area contributed by atoms with Gasteiger partial charge in [-0.15, -0.1) is 0 Å². The van der Waals surface area contributed by atoms with Crippen LogP contribution in [0.1, 0.15) is 13.8 Å². The number of alkyl halides is 3. The Balaban J connectivity index is 2.62. The molecule has 20 heavy (non-hydrogen) atoms. The van der Waals surface area contributed by atoms with Gasteiger partial charge in [-0.05, 0) is 13.8 Å². The lowest BCUT2D eigenvalue weighted by molar-refractivity contribution is -0.138. The lowest BCUT2D eigenvalue weighted by Gasteiger charge is -2.30. The lowest BCUT2D eigenvalue weighted by atomic mass is 10.4. The highest BCUT2D eigenvalue weighted by atomic mass is 32.2. The molecule has 1 aliphatic heterocycles. The molecular formula is C11H22F3N3O2S. The Hall–Kier alpha value is -0.380. The molecular weight excluding hydrogens is 295 g/mol. The molecule has 0 radical (unpaired) electrons. The van der Waals surface area contributed by atoms with Gasteiger partial charge in [-0.1, -0.05) is 0 Å². The molecule has 1 saturated heterocycles. The lowest BCUT2D eigenvalue weighted by Crippen LogP contribution is -2.48. The highest BCUT2D eigenvalue weighted by Crippen LogP contribution is 2.20. The van der Waals surface area contributed by atoms with Gasteiger partial charge in [-0.25, -0.2) is 8.42 Å². The Kier molecular flexibility index (Phi) is 6.24. The van der Waals surface area contributed by atoms with Gasteiger partial charge >= 0.3 is 6.18 Å². The third-order valence-electron chi connectivity index (χ3n) is 3.14. The van der Waals surface area contributed by atoms with Crippen LogP contribution in [0.3, 0.4) is 0 Å². The third kappa shape index (κ3) is 5.94. The minimum atomic E-state index is -4.52. The molecule has 120 valence electrons. The number of halogens is 3. The van der Waals surface area contributed by atoms with E-state index in [1.807, 2.05) is 4.90 Å². The normalized spacial score (nSPS) is 18.9. The van der Waals surface area contributed by atoms with Crippen LogP contribution in [0.5, 0.6) is 0 Å². The van der Waals surface area contributed by atoms with Crippen LogP contribution in [0.15, 0.2) is 0 Å². The number of hydrogen-bond donors (Lipinski definition) is 1. The van der Waals surface area contributed by atoms with E-state index in [2.05, 4.69) is 5.32 Å². The molecule has 1 aliphatic rings. The van der Waals surface area contributed by atoms with E-state index < -0.39 is 28.8 Å². The summed E-state index contributed by atoms with van der Waals surface area (Å²) in [4.78, 5) is 1.94. The zero-order valence-corrected chi connectivity index (χ0v) is 12.6. The maximum Gasteiger partial charge on any atom is 0.402 e. The van der Waals surface area contributed by atoms with E-state index in [1.54, 1.807) is 0 Å². The van der Waals surface area contributed by atoms with Gasteiger partial charge in [0.1, 0.15) is 6.54 Å². The summed E-state index contributed by atoms with van der Waals surface area (Å²) in [6, 6.07) is -0.704. The summed E-state index contributed by atoms with van der Waals surface area (Å²) in [5.74, 6) is -0.277. The second-order valence-corrected chi connectivity index (χ2v) is 7.20. The minimum Gasteiger partial charge on any atom is -0.314 e. The van der Waals surface area contributed by atoms with Gasteiger partial charge in [0.05, 0.1) is 5.75 Å². The van der Waals surface area contributed by atoms with E-state index in [0.717, 1.165) is 26.2 Å². The second kappa shape index (κ2) is 7.06. The van der Waals surface area contributed by atoms with Gasteiger partial charge in [-0.2, -0.15) is 17.5 Å². The van der Waals surface area contributed by atoms with Crippen LogP contribution in [-0.2, 0) is 10.0 Å². The molecule has 0 aromatic heterocycles. The van der Waals surface area contributed by atoms with Crippen LogP contribution < -0.4 is 5.32 Å². The Morgan fingerprint density at radius 3 is 2.25 bits per heavy atom. The maximum absolute atomic E-state index is 12.5. The van der Waals surface area contributed by atoms with Crippen molar-refractivity contribution in [3.05, 3.63) is 0 Å². The topological polar surface area (TPSA) is 52.7 Å². The monoisotopic (exact) mass is 317 g/mol. The van der Waals surface area contributed by atoms with Crippen LogP contribution in [0.4, 0.5) is 13.2 Å². The van der Waals surface area contributed by atoms with E-state index in [-0.39, 0.29) is 12.3 Å². The summed E-state index contributed by atoms with van der Waals surface area (Å²) in [6.45, 7) is 4.74. The Labute approximate surface area is 118 Å². The van der Waals surface area contributed by atoms with Crippen LogP contribution in [-0.4, -0.2) is 74.9 Å². The van der Waals surface area contributed by atoms with E-state index in [9.17, 15) is 21.6 Å². The van der Waals surface area contributed by atoms with Crippen molar-refractivity contribution in [2.45, 2.75) is 26.1 Å². The molecule has 0 atom stereocenters. The van der Waals surface area contributed by atoms with Crippen LogP contribution >= 0.6 is 0 Å². The Morgan fingerprint density at radius 1 is 1.25 bits per heavy atom. The first-order valence-corrected chi connectivity index (χ1v) is 8.22. The van der Waals surface area contributed by atoms with Crippen LogP contribution in [0.25, 0.3) is 0 Å². The number of nitrogens with zero attached hydrogens (tertiary/aromatic N) is 2. The quantitative estimate of drug-likeness (QED) is 0.775. The summed E-state index contributed by atoms with van der Waals surface area (Å²) < 4.78 is 62.1. The molecule has 0 bridgehead atoms. The molecule has 5 nitrogen and oxygen atoms in total. The highest BCUT2D eigenvalue weighted by Gasteiger charge is 2.37. The fourth-order valence-electron chi connectivity index (χ4n) is 2.08. The van der Waals surface area contributed by atoms with Gasteiger partial charge in [0, 0.05) is 38.8 Å². The number of hydrogen-bond acceptors (Lipinski definition) is 4. The van der Waals surface area contributed by atoms with E-state index >= 15 is 0 Å². The molecule has 0 aliphatic carbocycles. The first-order chi connectivity index (χ1) is 9.12. The van der Waals surface area contributed by atoms with Crippen molar-refractivity contribution in [3.8, 4) is 0 Å². The highest BCUT2D eigenvalue weighted by molar-refractivity contribution is 7.89. The number of piperazine rings is 1. The molecule has 0 amide bonds. The smallest absolute Gasteiger partial charge is 0.314 e. The van der Waals surface area contributed by atoms with Crippen molar-refractivity contribution in [3.63, 3.8) is 0 Å². The standard InChI is InChI=1S/C11H22F3N3O2S/c1-10(2)17(9-11(12,13)14)20(18,19)8-7-16-5-3-15-4-6-16/h10,15H,3-9H2,1-2H3. The second-order valence-electron chi connectivity index (χ2n) is 5.16. The van der Waals surface area contributed by atoms with E-state index in [4.69, 9.17) is 0 Å². The third-order valence-corrected chi connectivity index (χ3v) is 5.11.